The standard InChI is InChI=1S/C12H16N4OS/c1-7(13)12-14-9(6-18-12)11-15-10(16-17-11)8-4-2-3-5-8/h6-8H,2-5,13H2,1H3. The van der Waals surface area contributed by atoms with Crippen molar-refractivity contribution in [3.8, 4) is 11.6 Å². The predicted octanol–water partition coefficient (Wildman–Crippen LogP) is 2.87. The van der Waals surface area contributed by atoms with Crippen LogP contribution in [0.5, 0.6) is 0 Å². The lowest BCUT2D eigenvalue weighted by Crippen LogP contribution is -2.03. The van der Waals surface area contributed by atoms with Crippen molar-refractivity contribution in [2.45, 2.75) is 44.6 Å². The predicted molar refractivity (Wildman–Crippen MR) is 69.2 cm³/mol. The summed E-state index contributed by atoms with van der Waals surface area (Å²) in [5, 5.41) is 6.89. The molecule has 1 saturated carbocycles. The summed E-state index contributed by atoms with van der Waals surface area (Å²) in [6, 6.07) is -0.0547. The fourth-order valence-corrected chi connectivity index (χ4v) is 3.04. The van der Waals surface area contributed by atoms with Crippen molar-refractivity contribution in [2.75, 3.05) is 0 Å². The molecule has 96 valence electrons. The minimum atomic E-state index is -0.0547. The molecule has 2 aromatic heterocycles. The Balaban J connectivity index is 1.83. The van der Waals surface area contributed by atoms with Crippen LogP contribution in [0.25, 0.3) is 11.6 Å². The number of aromatic nitrogens is 3. The molecule has 1 atom stereocenters. The van der Waals surface area contributed by atoms with Crippen molar-refractivity contribution in [1.29, 1.82) is 0 Å². The van der Waals surface area contributed by atoms with Crippen LogP contribution in [0, 0.1) is 0 Å². The second-order valence-electron chi connectivity index (χ2n) is 4.80. The lowest BCUT2D eigenvalue weighted by molar-refractivity contribution is 0.415. The number of thiazole rings is 1. The van der Waals surface area contributed by atoms with Gasteiger partial charge in [0.1, 0.15) is 10.7 Å². The third kappa shape index (κ3) is 2.18. The van der Waals surface area contributed by atoms with Gasteiger partial charge in [-0.15, -0.1) is 11.3 Å². The fraction of sp³-hybridized carbons (Fsp3) is 0.583. The van der Waals surface area contributed by atoms with E-state index >= 15 is 0 Å². The Labute approximate surface area is 109 Å². The second kappa shape index (κ2) is 4.78. The van der Waals surface area contributed by atoms with Crippen molar-refractivity contribution in [1.82, 2.24) is 15.1 Å². The van der Waals surface area contributed by atoms with Crippen molar-refractivity contribution in [2.24, 2.45) is 5.73 Å². The summed E-state index contributed by atoms with van der Waals surface area (Å²) in [5.74, 6) is 1.81. The minimum Gasteiger partial charge on any atom is -0.332 e. The molecule has 0 saturated heterocycles. The summed E-state index contributed by atoms with van der Waals surface area (Å²) >= 11 is 1.53. The van der Waals surface area contributed by atoms with Crippen LogP contribution in [0.15, 0.2) is 9.90 Å². The summed E-state index contributed by atoms with van der Waals surface area (Å²) in [6.07, 6.45) is 4.86. The van der Waals surface area contributed by atoms with Crippen LogP contribution in [0.3, 0.4) is 0 Å². The molecule has 3 rings (SSSR count). The van der Waals surface area contributed by atoms with Crippen LogP contribution in [-0.4, -0.2) is 15.1 Å². The Morgan fingerprint density at radius 2 is 2.17 bits per heavy atom. The van der Waals surface area contributed by atoms with E-state index in [9.17, 15) is 0 Å². The van der Waals surface area contributed by atoms with Gasteiger partial charge in [-0.2, -0.15) is 4.98 Å². The van der Waals surface area contributed by atoms with Gasteiger partial charge in [0, 0.05) is 11.3 Å². The summed E-state index contributed by atoms with van der Waals surface area (Å²) in [7, 11) is 0. The van der Waals surface area contributed by atoms with E-state index in [0.717, 1.165) is 16.5 Å². The van der Waals surface area contributed by atoms with E-state index in [0.29, 0.717) is 11.8 Å². The quantitative estimate of drug-likeness (QED) is 0.922. The third-order valence-corrected chi connectivity index (χ3v) is 4.34. The average Bonchev–Trinajstić information content (AvgIpc) is 3.10. The topological polar surface area (TPSA) is 77.8 Å². The van der Waals surface area contributed by atoms with Crippen LogP contribution in [-0.2, 0) is 0 Å². The van der Waals surface area contributed by atoms with E-state index in [4.69, 9.17) is 10.3 Å². The first-order valence-electron chi connectivity index (χ1n) is 6.29. The van der Waals surface area contributed by atoms with Gasteiger partial charge in [-0.05, 0) is 19.8 Å². The van der Waals surface area contributed by atoms with E-state index in [-0.39, 0.29) is 6.04 Å². The maximum absolute atomic E-state index is 5.79. The zero-order valence-corrected chi connectivity index (χ0v) is 11.1. The summed E-state index contributed by atoms with van der Waals surface area (Å²) in [6.45, 7) is 1.92. The fourth-order valence-electron chi connectivity index (χ4n) is 2.28. The van der Waals surface area contributed by atoms with Crippen molar-refractivity contribution in [3.63, 3.8) is 0 Å². The number of nitrogens with zero attached hydrogens (tertiary/aromatic N) is 3. The number of hydrogen-bond acceptors (Lipinski definition) is 6. The summed E-state index contributed by atoms with van der Waals surface area (Å²) in [4.78, 5) is 8.88. The molecule has 0 spiro atoms. The van der Waals surface area contributed by atoms with E-state index in [2.05, 4.69) is 15.1 Å². The highest BCUT2D eigenvalue weighted by Crippen LogP contribution is 2.33. The Morgan fingerprint density at radius 3 is 2.83 bits per heavy atom. The molecule has 18 heavy (non-hydrogen) atoms. The van der Waals surface area contributed by atoms with E-state index in [1.54, 1.807) is 0 Å². The molecular weight excluding hydrogens is 248 g/mol. The van der Waals surface area contributed by atoms with Crippen LogP contribution in [0.4, 0.5) is 0 Å². The molecule has 0 bridgehead atoms. The van der Waals surface area contributed by atoms with Crippen LogP contribution in [0.2, 0.25) is 0 Å². The SMILES string of the molecule is CC(N)c1nc(-c2nc(C3CCCC3)no2)cs1. The smallest absolute Gasteiger partial charge is 0.277 e. The number of hydrogen-bond donors (Lipinski definition) is 1. The largest absolute Gasteiger partial charge is 0.332 e. The van der Waals surface area contributed by atoms with Crippen molar-refractivity contribution in [3.05, 3.63) is 16.2 Å². The molecule has 1 fully saturated rings. The van der Waals surface area contributed by atoms with E-state index in [1.165, 1.54) is 37.0 Å². The first kappa shape index (κ1) is 11.8. The van der Waals surface area contributed by atoms with Crippen molar-refractivity contribution >= 4 is 11.3 Å². The third-order valence-electron chi connectivity index (χ3n) is 3.29. The Kier molecular flexibility index (Phi) is 3.13. The zero-order valence-electron chi connectivity index (χ0n) is 10.3. The van der Waals surface area contributed by atoms with Crippen LogP contribution >= 0.6 is 11.3 Å². The van der Waals surface area contributed by atoms with Gasteiger partial charge in [0.25, 0.3) is 5.89 Å². The molecule has 2 heterocycles. The first-order valence-corrected chi connectivity index (χ1v) is 7.17. The van der Waals surface area contributed by atoms with Crippen molar-refractivity contribution < 1.29 is 4.52 Å². The molecule has 5 nitrogen and oxygen atoms in total. The Bertz CT molecular complexity index is 528. The molecule has 1 unspecified atom stereocenters. The highest BCUT2D eigenvalue weighted by molar-refractivity contribution is 7.10. The Hall–Kier alpha value is -1.27. The molecule has 2 aromatic rings. The molecular formula is C12H16N4OS. The molecule has 0 amide bonds. The number of rotatable bonds is 3. The molecule has 0 aromatic carbocycles. The lowest BCUT2D eigenvalue weighted by Gasteiger charge is -1.99. The normalized spacial score (nSPS) is 18.3. The highest BCUT2D eigenvalue weighted by atomic mass is 32.1. The minimum absolute atomic E-state index is 0.0547. The molecule has 2 N–H and O–H groups in total. The summed E-state index contributed by atoms with van der Waals surface area (Å²) < 4.78 is 5.30. The highest BCUT2D eigenvalue weighted by Gasteiger charge is 2.23. The molecule has 0 aliphatic heterocycles. The van der Waals surface area contributed by atoms with Gasteiger partial charge >= 0.3 is 0 Å². The van der Waals surface area contributed by atoms with Gasteiger partial charge in [-0.25, -0.2) is 4.98 Å². The zero-order chi connectivity index (χ0) is 12.5. The average molecular weight is 264 g/mol. The first-order chi connectivity index (χ1) is 8.74. The van der Waals surface area contributed by atoms with Crippen LogP contribution in [0.1, 0.15) is 55.4 Å². The lowest BCUT2D eigenvalue weighted by atomic mass is 10.1. The maximum atomic E-state index is 5.79. The Morgan fingerprint density at radius 1 is 1.39 bits per heavy atom. The van der Waals surface area contributed by atoms with E-state index < -0.39 is 0 Å². The van der Waals surface area contributed by atoms with Gasteiger partial charge in [0.2, 0.25) is 0 Å². The molecule has 1 aliphatic rings. The van der Waals surface area contributed by atoms with Gasteiger partial charge in [0.05, 0.1) is 6.04 Å². The van der Waals surface area contributed by atoms with Gasteiger partial charge in [-0.1, -0.05) is 18.0 Å². The second-order valence-corrected chi connectivity index (χ2v) is 5.69. The number of nitrogens with two attached hydrogens (primary N) is 1. The van der Waals surface area contributed by atoms with Gasteiger partial charge < -0.3 is 10.3 Å². The van der Waals surface area contributed by atoms with Crippen LogP contribution < -0.4 is 5.73 Å². The summed E-state index contributed by atoms with van der Waals surface area (Å²) in [5.41, 5.74) is 6.53. The molecule has 0 radical (unpaired) electrons. The molecule has 6 heteroatoms. The van der Waals surface area contributed by atoms with E-state index in [1.807, 2.05) is 12.3 Å². The van der Waals surface area contributed by atoms with Gasteiger partial charge in [0.15, 0.2) is 5.82 Å². The maximum Gasteiger partial charge on any atom is 0.277 e. The van der Waals surface area contributed by atoms with Gasteiger partial charge in [-0.3, -0.25) is 0 Å². The molecule has 1 aliphatic carbocycles. The monoisotopic (exact) mass is 264 g/mol.